The molecule has 2 fully saturated rings. The van der Waals surface area contributed by atoms with Crippen LogP contribution in [0.3, 0.4) is 0 Å². The fourth-order valence-electron chi connectivity index (χ4n) is 4.84. The van der Waals surface area contributed by atoms with E-state index in [1.54, 1.807) is 0 Å². The normalized spacial score (nSPS) is 18.4. The molecule has 0 N–H and O–H groups in total. The minimum Gasteiger partial charge on any atom is -0.303 e. The van der Waals surface area contributed by atoms with Gasteiger partial charge in [0, 0.05) is 24.2 Å². The number of benzene rings is 2. The molecule has 2 aromatic rings. The first-order chi connectivity index (χ1) is 14.8. The highest BCUT2D eigenvalue weighted by Gasteiger charge is 2.14. The number of carbonyl (C=O) groups excluding carboxylic acids is 1. The summed E-state index contributed by atoms with van der Waals surface area (Å²) in [5.74, 6) is 0.148. The van der Waals surface area contributed by atoms with E-state index in [4.69, 9.17) is 0 Å². The van der Waals surface area contributed by atoms with E-state index in [1.165, 1.54) is 75.8 Å². The van der Waals surface area contributed by atoms with Gasteiger partial charge >= 0.3 is 0 Å². The van der Waals surface area contributed by atoms with Crippen LogP contribution >= 0.6 is 0 Å². The van der Waals surface area contributed by atoms with Crippen molar-refractivity contribution in [1.29, 1.82) is 0 Å². The molecule has 0 aliphatic carbocycles. The average molecular weight is 405 g/mol. The Kier molecular flexibility index (Phi) is 7.71. The predicted octanol–water partition coefficient (Wildman–Crippen LogP) is 4.97. The third kappa shape index (κ3) is 6.02. The maximum atomic E-state index is 13.1. The molecule has 0 amide bonds. The molecule has 2 heterocycles. The van der Waals surface area contributed by atoms with Gasteiger partial charge in [-0.15, -0.1) is 0 Å². The molecule has 0 saturated carbocycles. The van der Waals surface area contributed by atoms with Crippen molar-refractivity contribution in [2.24, 2.45) is 0 Å². The van der Waals surface area contributed by atoms with Gasteiger partial charge in [0.1, 0.15) is 0 Å². The lowest BCUT2D eigenvalue weighted by Gasteiger charge is -2.26. The van der Waals surface area contributed by atoms with Gasteiger partial charge in [-0.05, 0) is 88.0 Å². The standard InChI is InChI=1S/C27H36N2O/c30-27(25-11-7-9-23(21-25)13-19-28-15-3-1-4-16-28)26-12-8-10-24(22-26)14-20-29-17-5-2-6-18-29/h7-12,21-22H,1-6,13-20H2. The maximum Gasteiger partial charge on any atom is 0.193 e. The highest BCUT2D eigenvalue weighted by molar-refractivity contribution is 6.09. The van der Waals surface area contributed by atoms with Crippen molar-refractivity contribution in [3.8, 4) is 0 Å². The fraction of sp³-hybridized carbons (Fsp3) is 0.519. The van der Waals surface area contributed by atoms with Gasteiger partial charge in [-0.2, -0.15) is 0 Å². The van der Waals surface area contributed by atoms with Gasteiger partial charge in [0.2, 0.25) is 0 Å². The zero-order valence-corrected chi connectivity index (χ0v) is 18.3. The number of rotatable bonds is 8. The van der Waals surface area contributed by atoms with E-state index in [9.17, 15) is 4.79 Å². The van der Waals surface area contributed by atoms with Gasteiger partial charge in [-0.3, -0.25) is 4.79 Å². The lowest BCUT2D eigenvalue weighted by molar-refractivity contribution is 0.103. The Morgan fingerprint density at radius 2 is 1.07 bits per heavy atom. The summed E-state index contributed by atoms with van der Waals surface area (Å²) in [6.07, 6.45) is 10.1. The van der Waals surface area contributed by atoms with E-state index < -0.39 is 0 Å². The van der Waals surface area contributed by atoms with Crippen LogP contribution in [0.5, 0.6) is 0 Å². The van der Waals surface area contributed by atoms with Crippen molar-refractivity contribution in [2.45, 2.75) is 51.4 Å². The van der Waals surface area contributed by atoms with Crippen LogP contribution < -0.4 is 0 Å². The van der Waals surface area contributed by atoms with Crippen molar-refractivity contribution in [1.82, 2.24) is 9.80 Å². The Labute approximate surface area is 182 Å². The van der Waals surface area contributed by atoms with Crippen molar-refractivity contribution in [3.63, 3.8) is 0 Å². The van der Waals surface area contributed by atoms with E-state index in [0.717, 1.165) is 37.1 Å². The van der Waals surface area contributed by atoms with Crippen LogP contribution in [-0.4, -0.2) is 54.9 Å². The van der Waals surface area contributed by atoms with Gasteiger partial charge in [0.25, 0.3) is 0 Å². The number of ketones is 1. The smallest absolute Gasteiger partial charge is 0.193 e. The van der Waals surface area contributed by atoms with E-state index >= 15 is 0 Å². The molecular formula is C27H36N2O. The van der Waals surface area contributed by atoms with Crippen LogP contribution in [0.4, 0.5) is 0 Å². The van der Waals surface area contributed by atoms with Crippen LogP contribution in [0.2, 0.25) is 0 Å². The Morgan fingerprint density at radius 3 is 1.50 bits per heavy atom. The molecule has 2 aliphatic rings. The number of hydrogen-bond donors (Lipinski definition) is 0. The summed E-state index contributed by atoms with van der Waals surface area (Å²) in [6.45, 7) is 7.10. The third-order valence-electron chi connectivity index (χ3n) is 6.71. The summed E-state index contributed by atoms with van der Waals surface area (Å²) in [5, 5.41) is 0. The number of likely N-dealkylation sites (tertiary alicyclic amines) is 2. The second-order valence-corrected chi connectivity index (χ2v) is 9.03. The average Bonchev–Trinajstić information content (AvgIpc) is 2.83. The molecule has 0 unspecified atom stereocenters. The van der Waals surface area contributed by atoms with Gasteiger partial charge in [0.15, 0.2) is 5.78 Å². The van der Waals surface area contributed by atoms with E-state index in [-0.39, 0.29) is 5.78 Å². The molecule has 3 heteroatoms. The highest BCUT2D eigenvalue weighted by Crippen LogP contribution is 2.16. The van der Waals surface area contributed by atoms with Crippen LogP contribution in [0.1, 0.15) is 65.6 Å². The molecule has 2 aliphatic heterocycles. The molecule has 2 saturated heterocycles. The van der Waals surface area contributed by atoms with Gasteiger partial charge in [0.05, 0.1) is 0 Å². The highest BCUT2D eigenvalue weighted by atomic mass is 16.1. The van der Waals surface area contributed by atoms with Crippen molar-refractivity contribution in [2.75, 3.05) is 39.3 Å². The van der Waals surface area contributed by atoms with Gasteiger partial charge in [-0.1, -0.05) is 49.2 Å². The Bertz CT molecular complexity index is 752. The SMILES string of the molecule is O=C(c1cccc(CCN2CCCCC2)c1)c1cccc(CCN2CCCCC2)c1. The molecule has 0 spiro atoms. The topological polar surface area (TPSA) is 23.6 Å². The number of nitrogens with zero attached hydrogens (tertiary/aromatic N) is 2. The number of carbonyl (C=O) groups is 1. The number of piperidine rings is 2. The molecule has 160 valence electrons. The predicted molar refractivity (Wildman–Crippen MR) is 124 cm³/mol. The fourth-order valence-corrected chi connectivity index (χ4v) is 4.84. The molecule has 3 nitrogen and oxygen atoms in total. The van der Waals surface area contributed by atoms with E-state index in [2.05, 4.69) is 34.1 Å². The summed E-state index contributed by atoms with van der Waals surface area (Å²) < 4.78 is 0. The Hall–Kier alpha value is -1.97. The first kappa shape index (κ1) is 21.3. The molecule has 0 radical (unpaired) electrons. The summed E-state index contributed by atoms with van der Waals surface area (Å²) in [4.78, 5) is 18.3. The monoisotopic (exact) mass is 404 g/mol. The summed E-state index contributed by atoms with van der Waals surface area (Å²) in [6, 6.07) is 16.5. The second kappa shape index (κ2) is 10.9. The lowest BCUT2D eigenvalue weighted by atomic mass is 9.98. The van der Waals surface area contributed by atoms with Crippen molar-refractivity contribution in [3.05, 3.63) is 70.8 Å². The van der Waals surface area contributed by atoms with E-state index in [0.29, 0.717) is 0 Å². The zero-order valence-electron chi connectivity index (χ0n) is 18.3. The number of hydrogen-bond acceptors (Lipinski definition) is 3. The molecule has 0 aromatic heterocycles. The molecular weight excluding hydrogens is 368 g/mol. The lowest BCUT2D eigenvalue weighted by Crippen LogP contribution is -2.31. The molecule has 30 heavy (non-hydrogen) atoms. The van der Waals surface area contributed by atoms with Crippen LogP contribution in [0.25, 0.3) is 0 Å². The minimum absolute atomic E-state index is 0.148. The molecule has 2 aromatic carbocycles. The summed E-state index contributed by atoms with van der Waals surface area (Å²) >= 11 is 0. The Balaban J connectivity index is 1.36. The molecule has 0 bridgehead atoms. The molecule has 0 atom stereocenters. The largest absolute Gasteiger partial charge is 0.303 e. The summed E-state index contributed by atoms with van der Waals surface area (Å²) in [5.41, 5.74) is 4.18. The van der Waals surface area contributed by atoms with Crippen LogP contribution in [-0.2, 0) is 12.8 Å². The first-order valence-corrected chi connectivity index (χ1v) is 12.0. The quantitative estimate of drug-likeness (QED) is 0.580. The zero-order chi connectivity index (χ0) is 20.6. The van der Waals surface area contributed by atoms with Crippen molar-refractivity contribution < 1.29 is 4.79 Å². The second-order valence-electron chi connectivity index (χ2n) is 9.03. The minimum atomic E-state index is 0.148. The Morgan fingerprint density at radius 1 is 0.633 bits per heavy atom. The third-order valence-corrected chi connectivity index (χ3v) is 6.71. The summed E-state index contributed by atoms with van der Waals surface area (Å²) in [7, 11) is 0. The van der Waals surface area contributed by atoms with Crippen LogP contribution in [0, 0.1) is 0 Å². The van der Waals surface area contributed by atoms with Gasteiger partial charge in [-0.25, -0.2) is 0 Å². The maximum absolute atomic E-state index is 13.1. The van der Waals surface area contributed by atoms with E-state index in [1.807, 2.05) is 24.3 Å². The van der Waals surface area contributed by atoms with Gasteiger partial charge < -0.3 is 9.80 Å². The molecule has 4 rings (SSSR count). The van der Waals surface area contributed by atoms with Crippen LogP contribution in [0.15, 0.2) is 48.5 Å². The van der Waals surface area contributed by atoms with Crippen molar-refractivity contribution >= 4 is 5.78 Å². The first-order valence-electron chi connectivity index (χ1n) is 12.0.